The minimum Gasteiger partial charge on any atom is -0.301 e. The van der Waals surface area contributed by atoms with Gasteiger partial charge >= 0.3 is 0 Å². The molecule has 0 spiro atoms. The first kappa shape index (κ1) is 15.7. The first-order valence-corrected chi connectivity index (χ1v) is 8.71. The Hall–Kier alpha value is -1.16. The highest BCUT2D eigenvalue weighted by Gasteiger charge is 2.24. The zero-order chi connectivity index (χ0) is 15.4. The predicted octanol–water partition coefficient (Wildman–Crippen LogP) is 3.81. The molecule has 0 N–H and O–H groups in total. The van der Waals surface area contributed by atoms with Crippen molar-refractivity contribution in [2.75, 3.05) is 26.7 Å². The summed E-state index contributed by atoms with van der Waals surface area (Å²) in [6.07, 6.45) is 1.13. The Morgan fingerprint density at radius 2 is 1.68 bits per heavy atom. The van der Waals surface area contributed by atoms with Crippen LogP contribution in [0.2, 0.25) is 0 Å². The molecule has 0 radical (unpaired) electrons. The molecule has 0 unspecified atom stereocenters. The van der Waals surface area contributed by atoms with Crippen LogP contribution in [-0.4, -0.2) is 42.5 Å². The molecule has 2 aromatic rings. The third kappa shape index (κ3) is 4.19. The van der Waals surface area contributed by atoms with E-state index < -0.39 is 0 Å². The molecule has 116 valence electrons. The standard InChI is InChI=1S/C19H23BrN2/c1-21-11-12-22(14-17-7-9-18(20)10-8-17)15-19(21)13-16-5-3-2-4-6-16/h2-10,19H,11-15H2,1H3/t19-/m0/s1. The monoisotopic (exact) mass is 358 g/mol. The normalized spacial score (nSPS) is 20.2. The lowest BCUT2D eigenvalue weighted by atomic mass is 10.0. The van der Waals surface area contributed by atoms with Crippen molar-refractivity contribution >= 4 is 15.9 Å². The summed E-state index contributed by atoms with van der Waals surface area (Å²) in [5.41, 5.74) is 2.83. The number of hydrogen-bond donors (Lipinski definition) is 0. The number of benzene rings is 2. The van der Waals surface area contributed by atoms with Gasteiger partial charge in [-0.25, -0.2) is 0 Å². The van der Waals surface area contributed by atoms with Gasteiger partial charge in [0.05, 0.1) is 0 Å². The van der Waals surface area contributed by atoms with Gasteiger partial charge in [0, 0.05) is 36.7 Å². The summed E-state index contributed by atoms with van der Waals surface area (Å²) in [6, 6.07) is 20.1. The van der Waals surface area contributed by atoms with Crippen molar-refractivity contribution in [3.63, 3.8) is 0 Å². The van der Waals surface area contributed by atoms with E-state index in [1.807, 2.05) is 0 Å². The van der Waals surface area contributed by atoms with Gasteiger partial charge in [0.15, 0.2) is 0 Å². The third-order valence-electron chi connectivity index (χ3n) is 4.49. The lowest BCUT2D eigenvalue weighted by Gasteiger charge is -2.39. The molecule has 0 aliphatic carbocycles. The summed E-state index contributed by atoms with van der Waals surface area (Å²) in [5.74, 6) is 0. The van der Waals surface area contributed by atoms with E-state index >= 15 is 0 Å². The van der Waals surface area contributed by atoms with Crippen LogP contribution in [0.1, 0.15) is 11.1 Å². The summed E-state index contributed by atoms with van der Waals surface area (Å²) in [6.45, 7) is 4.49. The predicted molar refractivity (Wildman–Crippen MR) is 96.0 cm³/mol. The maximum absolute atomic E-state index is 3.50. The number of halogens is 1. The number of hydrogen-bond acceptors (Lipinski definition) is 2. The first-order chi connectivity index (χ1) is 10.7. The molecule has 0 aromatic heterocycles. The molecule has 3 rings (SSSR count). The SMILES string of the molecule is CN1CCN(Cc2ccc(Br)cc2)C[C@@H]1Cc1ccccc1. The lowest BCUT2D eigenvalue weighted by molar-refractivity contribution is 0.0905. The van der Waals surface area contributed by atoms with Crippen molar-refractivity contribution in [3.8, 4) is 0 Å². The topological polar surface area (TPSA) is 6.48 Å². The van der Waals surface area contributed by atoms with Crippen molar-refractivity contribution in [1.29, 1.82) is 0 Å². The molecule has 2 aromatic carbocycles. The second kappa shape index (κ2) is 7.40. The zero-order valence-corrected chi connectivity index (χ0v) is 14.7. The average Bonchev–Trinajstić information content (AvgIpc) is 2.54. The van der Waals surface area contributed by atoms with Crippen LogP contribution in [0.4, 0.5) is 0 Å². The fraction of sp³-hybridized carbons (Fsp3) is 0.368. The molecule has 1 fully saturated rings. The van der Waals surface area contributed by atoms with Crippen molar-refractivity contribution in [2.24, 2.45) is 0 Å². The molecule has 0 saturated carbocycles. The molecule has 1 saturated heterocycles. The molecule has 3 heteroatoms. The second-order valence-electron chi connectivity index (χ2n) is 6.19. The first-order valence-electron chi connectivity index (χ1n) is 7.91. The highest BCUT2D eigenvalue weighted by atomic mass is 79.9. The Bertz CT molecular complexity index is 582. The van der Waals surface area contributed by atoms with E-state index in [0.29, 0.717) is 6.04 Å². The fourth-order valence-corrected chi connectivity index (χ4v) is 3.37. The van der Waals surface area contributed by atoms with Crippen molar-refractivity contribution in [1.82, 2.24) is 9.80 Å². The summed E-state index contributed by atoms with van der Waals surface area (Å²) < 4.78 is 1.15. The molecule has 1 aliphatic rings. The van der Waals surface area contributed by atoms with Crippen molar-refractivity contribution in [2.45, 2.75) is 19.0 Å². The van der Waals surface area contributed by atoms with E-state index in [0.717, 1.165) is 37.1 Å². The van der Waals surface area contributed by atoms with Gasteiger partial charge in [0.1, 0.15) is 0 Å². The number of likely N-dealkylation sites (N-methyl/N-ethyl adjacent to an activating group) is 1. The second-order valence-corrected chi connectivity index (χ2v) is 7.10. The fourth-order valence-electron chi connectivity index (χ4n) is 3.11. The van der Waals surface area contributed by atoms with Gasteiger partial charge in [-0.1, -0.05) is 58.4 Å². The van der Waals surface area contributed by atoms with Crippen molar-refractivity contribution in [3.05, 3.63) is 70.2 Å². The van der Waals surface area contributed by atoms with Gasteiger partial charge in [-0.05, 0) is 36.7 Å². The van der Waals surface area contributed by atoms with Crippen LogP contribution < -0.4 is 0 Å². The Morgan fingerprint density at radius 3 is 2.41 bits per heavy atom. The quantitative estimate of drug-likeness (QED) is 0.819. The molecule has 22 heavy (non-hydrogen) atoms. The van der Waals surface area contributed by atoms with Gasteiger partial charge in [-0.2, -0.15) is 0 Å². The Morgan fingerprint density at radius 1 is 0.955 bits per heavy atom. The zero-order valence-electron chi connectivity index (χ0n) is 13.1. The summed E-state index contributed by atoms with van der Waals surface area (Å²) in [5, 5.41) is 0. The summed E-state index contributed by atoms with van der Waals surface area (Å²) >= 11 is 3.50. The number of piperazine rings is 1. The van der Waals surface area contributed by atoms with Crippen LogP contribution in [0.5, 0.6) is 0 Å². The number of rotatable bonds is 4. The number of nitrogens with zero attached hydrogens (tertiary/aromatic N) is 2. The molecule has 1 aliphatic heterocycles. The van der Waals surface area contributed by atoms with Gasteiger partial charge in [0.2, 0.25) is 0 Å². The summed E-state index contributed by atoms with van der Waals surface area (Å²) in [7, 11) is 2.25. The highest BCUT2D eigenvalue weighted by Crippen LogP contribution is 2.17. The van der Waals surface area contributed by atoms with Crippen LogP contribution in [0.25, 0.3) is 0 Å². The minimum absolute atomic E-state index is 0.603. The Kier molecular flexibility index (Phi) is 5.29. The molecule has 1 atom stereocenters. The molecular weight excluding hydrogens is 336 g/mol. The smallest absolute Gasteiger partial charge is 0.0261 e. The highest BCUT2D eigenvalue weighted by molar-refractivity contribution is 9.10. The van der Waals surface area contributed by atoms with E-state index in [1.54, 1.807) is 0 Å². The molecule has 0 bridgehead atoms. The molecule has 0 amide bonds. The summed E-state index contributed by atoms with van der Waals surface area (Å²) in [4.78, 5) is 5.09. The van der Waals surface area contributed by atoms with Crippen LogP contribution in [0.15, 0.2) is 59.1 Å². The van der Waals surface area contributed by atoms with Gasteiger partial charge in [-0.15, -0.1) is 0 Å². The lowest BCUT2D eigenvalue weighted by Crippen LogP contribution is -2.51. The van der Waals surface area contributed by atoms with E-state index in [-0.39, 0.29) is 0 Å². The minimum atomic E-state index is 0.603. The van der Waals surface area contributed by atoms with Crippen LogP contribution in [0, 0.1) is 0 Å². The van der Waals surface area contributed by atoms with Gasteiger partial charge in [0.25, 0.3) is 0 Å². The molecule has 2 nitrogen and oxygen atoms in total. The van der Waals surface area contributed by atoms with E-state index in [1.165, 1.54) is 11.1 Å². The van der Waals surface area contributed by atoms with Crippen LogP contribution in [-0.2, 0) is 13.0 Å². The van der Waals surface area contributed by atoms with Crippen LogP contribution in [0.3, 0.4) is 0 Å². The molecular formula is C19H23BrN2. The molecule has 1 heterocycles. The van der Waals surface area contributed by atoms with Gasteiger partial charge in [-0.3, -0.25) is 4.90 Å². The Balaban J connectivity index is 1.61. The third-order valence-corrected chi connectivity index (χ3v) is 5.02. The average molecular weight is 359 g/mol. The van der Waals surface area contributed by atoms with Gasteiger partial charge < -0.3 is 4.90 Å². The van der Waals surface area contributed by atoms with E-state index in [4.69, 9.17) is 0 Å². The van der Waals surface area contributed by atoms with Crippen LogP contribution >= 0.6 is 15.9 Å². The van der Waals surface area contributed by atoms with Crippen molar-refractivity contribution < 1.29 is 0 Å². The maximum Gasteiger partial charge on any atom is 0.0261 e. The van der Waals surface area contributed by atoms with E-state index in [2.05, 4.69) is 87.4 Å². The van der Waals surface area contributed by atoms with E-state index in [9.17, 15) is 0 Å². The largest absolute Gasteiger partial charge is 0.301 e. The Labute approximate surface area is 141 Å². The maximum atomic E-state index is 3.50.